The number of hydrogen-bond donors (Lipinski definition) is 0. The van der Waals surface area contributed by atoms with Crippen molar-refractivity contribution in [3.63, 3.8) is 0 Å². The summed E-state index contributed by atoms with van der Waals surface area (Å²) >= 11 is 1.23. The summed E-state index contributed by atoms with van der Waals surface area (Å²) in [6.45, 7) is -0.276. The lowest BCUT2D eigenvalue weighted by molar-refractivity contribution is -0.137. The van der Waals surface area contributed by atoms with Crippen LogP contribution < -0.4 is 5.69 Å². The van der Waals surface area contributed by atoms with E-state index in [9.17, 15) is 22.8 Å². The molecule has 0 saturated heterocycles. The minimum absolute atomic E-state index is 0.0469. The second-order valence-electron chi connectivity index (χ2n) is 7.06. The van der Waals surface area contributed by atoms with Gasteiger partial charge in [-0.1, -0.05) is 23.0 Å². The number of rotatable bonds is 6. The van der Waals surface area contributed by atoms with Gasteiger partial charge in [0.25, 0.3) is 0 Å². The first-order chi connectivity index (χ1) is 14.2. The summed E-state index contributed by atoms with van der Waals surface area (Å²) in [6.07, 6.45) is 0.172. The predicted molar refractivity (Wildman–Crippen MR) is 102 cm³/mol. The molecule has 1 aromatic carbocycles. The van der Waals surface area contributed by atoms with E-state index in [2.05, 4.69) is 10.3 Å². The Hall–Kier alpha value is -2.82. The number of alkyl halides is 3. The van der Waals surface area contributed by atoms with E-state index in [0.717, 1.165) is 35.7 Å². The maximum atomic E-state index is 13.3. The molecule has 1 fully saturated rings. The highest BCUT2D eigenvalue weighted by molar-refractivity contribution is 7.98. The molecule has 1 aliphatic rings. The fourth-order valence-electron chi connectivity index (χ4n) is 3.24. The first kappa shape index (κ1) is 20.5. The maximum Gasteiger partial charge on any atom is 0.416 e. The third-order valence-electron chi connectivity index (χ3n) is 4.97. The van der Waals surface area contributed by atoms with Crippen LogP contribution in [-0.4, -0.2) is 31.5 Å². The Morgan fingerprint density at radius 3 is 2.63 bits per heavy atom. The molecule has 2 aromatic heterocycles. The van der Waals surface area contributed by atoms with Crippen molar-refractivity contribution in [1.29, 1.82) is 0 Å². The molecule has 0 bridgehead atoms. The number of aromatic nitrogens is 4. The lowest BCUT2D eigenvalue weighted by atomic mass is 9.96. The van der Waals surface area contributed by atoms with E-state index in [1.807, 2.05) is 0 Å². The molecular weight excluding hydrogens is 421 g/mol. The Morgan fingerprint density at radius 1 is 1.30 bits per heavy atom. The van der Waals surface area contributed by atoms with E-state index in [1.54, 1.807) is 6.26 Å². The number of carbonyl (C=O) groups excluding carboxylic acids is 1. The van der Waals surface area contributed by atoms with Gasteiger partial charge in [0.15, 0.2) is 16.7 Å². The number of nitrogens with zero attached hydrogens (tertiary/aromatic N) is 4. The molecule has 0 radical (unpaired) electrons. The molecule has 158 valence electrons. The van der Waals surface area contributed by atoms with Gasteiger partial charge in [-0.3, -0.25) is 9.36 Å². The summed E-state index contributed by atoms with van der Waals surface area (Å²) in [7, 11) is 1.52. The van der Waals surface area contributed by atoms with Crippen LogP contribution in [0.2, 0.25) is 0 Å². The monoisotopic (exact) mass is 438 g/mol. The molecule has 0 N–H and O–H groups in total. The summed E-state index contributed by atoms with van der Waals surface area (Å²) < 4.78 is 47.4. The van der Waals surface area contributed by atoms with Crippen molar-refractivity contribution in [3.8, 4) is 0 Å². The van der Waals surface area contributed by atoms with E-state index in [-0.39, 0.29) is 29.2 Å². The van der Waals surface area contributed by atoms with Crippen LogP contribution in [0.5, 0.6) is 0 Å². The van der Waals surface area contributed by atoms with Crippen molar-refractivity contribution in [2.45, 2.75) is 36.6 Å². The number of halogens is 3. The maximum absolute atomic E-state index is 13.3. The minimum Gasteiger partial charge on any atom is -0.360 e. The Kier molecular flexibility index (Phi) is 5.08. The van der Waals surface area contributed by atoms with Gasteiger partial charge in [-0.05, 0) is 36.8 Å². The highest BCUT2D eigenvalue weighted by Crippen LogP contribution is 2.42. The molecule has 30 heavy (non-hydrogen) atoms. The van der Waals surface area contributed by atoms with Crippen molar-refractivity contribution >= 4 is 17.5 Å². The Morgan fingerprint density at radius 2 is 2.03 bits per heavy atom. The first-order valence-electron chi connectivity index (χ1n) is 9.08. The summed E-state index contributed by atoms with van der Waals surface area (Å²) in [5, 5.41) is 8.24. The van der Waals surface area contributed by atoms with Crippen LogP contribution in [0.15, 0.2) is 38.9 Å². The third kappa shape index (κ3) is 3.69. The first-order valence-corrected chi connectivity index (χ1v) is 10.3. The average Bonchev–Trinajstić information content (AvgIpc) is 3.37. The van der Waals surface area contributed by atoms with Crippen molar-refractivity contribution in [1.82, 2.24) is 19.5 Å². The van der Waals surface area contributed by atoms with Gasteiger partial charge in [0.2, 0.25) is 0 Å². The summed E-state index contributed by atoms with van der Waals surface area (Å²) in [6, 6.07) is 2.88. The molecule has 4 rings (SSSR count). The fourth-order valence-corrected chi connectivity index (χ4v) is 3.77. The zero-order valence-electron chi connectivity index (χ0n) is 16.1. The zero-order valence-corrected chi connectivity index (χ0v) is 16.9. The van der Waals surface area contributed by atoms with Crippen LogP contribution in [0.1, 0.15) is 51.6 Å². The topological polar surface area (TPSA) is 82.9 Å². The molecule has 0 atom stereocenters. The Bertz CT molecular complexity index is 1170. The average molecular weight is 438 g/mol. The summed E-state index contributed by atoms with van der Waals surface area (Å²) in [4.78, 5) is 25.6. The molecule has 2 heterocycles. The van der Waals surface area contributed by atoms with E-state index in [0.29, 0.717) is 10.9 Å². The largest absolute Gasteiger partial charge is 0.416 e. The second kappa shape index (κ2) is 7.46. The van der Waals surface area contributed by atoms with Crippen LogP contribution in [0.4, 0.5) is 13.2 Å². The van der Waals surface area contributed by atoms with Crippen molar-refractivity contribution in [2.24, 2.45) is 7.05 Å². The molecule has 3 aromatic rings. The molecule has 7 nitrogen and oxygen atoms in total. The minimum atomic E-state index is -4.59. The lowest BCUT2D eigenvalue weighted by Gasteiger charge is -2.13. The zero-order chi connectivity index (χ0) is 21.6. The van der Waals surface area contributed by atoms with Crippen LogP contribution in [-0.2, 0) is 19.8 Å². The molecule has 0 unspecified atom stereocenters. The number of ketones is 1. The predicted octanol–water partition coefficient (Wildman–Crippen LogP) is 3.47. The van der Waals surface area contributed by atoms with Gasteiger partial charge < -0.3 is 4.52 Å². The molecular formula is C19H17F3N4O3S. The van der Waals surface area contributed by atoms with Gasteiger partial charge in [0.05, 0.1) is 23.9 Å². The van der Waals surface area contributed by atoms with Gasteiger partial charge in [0, 0.05) is 18.5 Å². The SMILES string of the molecule is CSc1nn(Cc2cc(C(F)(F)F)ccc2C(=O)c2cnoc2C2CC2)c(=O)n1C. The van der Waals surface area contributed by atoms with Crippen LogP contribution in [0.3, 0.4) is 0 Å². The molecule has 0 aliphatic heterocycles. The fraction of sp³-hybridized carbons (Fsp3) is 0.368. The smallest absolute Gasteiger partial charge is 0.360 e. The molecule has 11 heteroatoms. The summed E-state index contributed by atoms with van der Waals surface area (Å²) in [5.74, 6) is 0.0633. The normalized spacial score (nSPS) is 14.3. The van der Waals surface area contributed by atoms with E-state index in [1.165, 1.54) is 29.6 Å². The summed E-state index contributed by atoms with van der Waals surface area (Å²) in [5.41, 5.74) is -1.06. The Labute approximate surface area is 172 Å². The molecule has 1 saturated carbocycles. The Balaban J connectivity index is 1.80. The van der Waals surface area contributed by atoms with Crippen LogP contribution >= 0.6 is 11.8 Å². The molecule has 0 amide bonds. The van der Waals surface area contributed by atoms with E-state index < -0.39 is 23.2 Å². The van der Waals surface area contributed by atoms with Crippen molar-refractivity contribution in [3.05, 3.63) is 62.9 Å². The van der Waals surface area contributed by atoms with Gasteiger partial charge in [-0.15, -0.1) is 5.10 Å². The quantitative estimate of drug-likeness (QED) is 0.433. The van der Waals surface area contributed by atoms with E-state index in [4.69, 9.17) is 4.52 Å². The third-order valence-corrected chi connectivity index (χ3v) is 5.69. The van der Waals surface area contributed by atoms with Crippen molar-refractivity contribution in [2.75, 3.05) is 6.26 Å². The molecule has 1 aliphatic carbocycles. The number of hydrogen-bond acceptors (Lipinski definition) is 6. The van der Waals surface area contributed by atoms with Gasteiger partial charge in [-0.25, -0.2) is 9.48 Å². The van der Waals surface area contributed by atoms with Gasteiger partial charge >= 0.3 is 11.9 Å². The highest BCUT2D eigenvalue weighted by atomic mass is 32.2. The molecule has 0 spiro atoms. The van der Waals surface area contributed by atoms with Crippen molar-refractivity contribution < 1.29 is 22.5 Å². The highest BCUT2D eigenvalue weighted by Gasteiger charge is 2.35. The second-order valence-corrected chi connectivity index (χ2v) is 7.84. The number of thioether (sulfide) groups is 1. The van der Waals surface area contributed by atoms with E-state index >= 15 is 0 Å². The van der Waals surface area contributed by atoms with Gasteiger partial charge in [0.1, 0.15) is 0 Å². The van der Waals surface area contributed by atoms with Crippen LogP contribution in [0, 0.1) is 0 Å². The standard InChI is InChI=1S/C19H17F3N4O3S/c1-25-17(30-2)24-26(18(25)28)9-11-7-12(19(20,21)22)5-6-13(11)15(27)14-8-23-29-16(14)10-3-4-10/h5-8,10H,3-4,9H2,1-2H3. The van der Waals surface area contributed by atoms with Crippen LogP contribution in [0.25, 0.3) is 0 Å². The number of benzene rings is 1. The van der Waals surface area contributed by atoms with Gasteiger partial charge in [-0.2, -0.15) is 13.2 Å². The lowest BCUT2D eigenvalue weighted by Crippen LogP contribution is -2.25. The number of carbonyl (C=O) groups is 1.